The second-order valence-corrected chi connectivity index (χ2v) is 4.94. The van der Waals surface area contributed by atoms with Gasteiger partial charge in [0.25, 0.3) is 0 Å². The maximum absolute atomic E-state index is 5.82. The largest absolute Gasteiger partial charge is 0.497 e. The fourth-order valence-corrected chi connectivity index (χ4v) is 1.97. The van der Waals surface area contributed by atoms with Crippen LogP contribution in [0.2, 0.25) is 0 Å². The van der Waals surface area contributed by atoms with Crippen molar-refractivity contribution in [2.45, 2.75) is 13.5 Å². The first-order valence-electron chi connectivity index (χ1n) is 6.26. The molecule has 0 aliphatic carbocycles. The lowest BCUT2D eigenvalue weighted by Gasteiger charge is -2.12. The Morgan fingerprint density at radius 1 is 1.15 bits per heavy atom. The Bertz CT molecular complexity index is 608. The monoisotopic (exact) mass is 287 g/mol. The van der Waals surface area contributed by atoms with Gasteiger partial charge in [0.05, 0.1) is 12.7 Å². The molecule has 0 radical (unpaired) electrons. The first-order chi connectivity index (χ1) is 9.60. The van der Waals surface area contributed by atoms with Crippen LogP contribution < -0.4 is 15.2 Å². The Labute approximate surface area is 124 Å². The van der Waals surface area contributed by atoms with E-state index in [1.165, 1.54) is 5.56 Å². The minimum absolute atomic E-state index is 0.312. The average molecular weight is 287 g/mol. The van der Waals surface area contributed by atoms with Gasteiger partial charge in [-0.2, -0.15) is 0 Å². The van der Waals surface area contributed by atoms with Crippen LogP contribution in [0.5, 0.6) is 11.5 Å². The van der Waals surface area contributed by atoms with E-state index >= 15 is 0 Å². The van der Waals surface area contributed by atoms with Gasteiger partial charge in [-0.25, -0.2) is 0 Å². The topological polar surface area (TPSA) is 44.5 Å². The van der Waals surface area contributed by atoms with E-state index in [0.29, 0.717) is 28.7 Å². The highest BCUT2D eigenvalue weighted by Crippen LogP contribution is 2.25. The summed E-state index contributed by atoms with van der Waals surface area (Å²) in [6, 6.07) is 13.6. The van der Waals surface area contributed by atoms with Gasteiger partial charge < -0.3 is 15.2 Å². The Morgan fingerprint density at radius 3 is 2.45 bits per heavy atom. The number of benzene rings is 2. The van der Waals surface area contributed by atoms with Crippen molar-refractivity contribution in [1.29, 1.82) is 0 Å². The van der Waals surface area contributed by atoms with Crippen molar-refractivity contribution in [3.05, 3.63) is 59.2 Å². The van der Waals surface area contributed by atoms with Crippen molar-refractivity contribution in [3.63, 3.8) is 0 Å². The zero-order valence-electron chi connectivity index (χ0n) is 11.6. The zero-order valence-corrected chi connectivity index (χ0v) is 12.4. The standard InChI is InChI=1S/C16H17NO2S/c1-11-3-5-12(6-4-11)10-19-15-9-13(18-2)7-8-14(15)16(17)20/h3-9H,10H2,1-2H3,(H2,17,20). The van der Waals surface area contributed by atoms with Gasteiger partial charge in [0.1, 0.15) is 23.1 Å². The predicted molar refractivity (Wildman–Crippen MR) is 84.4 cm³/mol. The van der Waals surface area contributed by atoms with Crippen LogP contribution in [-0.4, -0.2) is 12.1 Å². The lowest BCUT2D eigenvalue weighted by Crippen LogP contribution is -2.11. The summed E-state index contributed by atoms with van der Waals surface area (Å²) in [7, 11) is 1.61. The highest BCUT2D eigenvalue weighted by atomic mass is 32.1. The minimum Gasteiger partial charge on any atom is -0.497 e. The van der Waals surface area contributed by atoms with Crippen LogP contribution in [0.3, 0.4) is 0 Å². The van der Waals surface area contributed by atoms with Crippen LogP contribution in [0.15, 0.2) is 42.5 Å². The zero-order chi connectivity index (χ0) is 14.5. The molecule has 2 N–H and O–H groups in total. The first kappa shape index (κ1) is 14.3. The van der Waals surface area contributed by atoms with Crippen LogP contribution >= 0.6 is 12.2 Å². The van der Waals surface area contributed by atoms with Gasteiger partial charge in [-0.05, 0) is 24.6 Å². The Hall–Kier alpha value is -2.07. The molecular weight excluding hydrogens is 270 g/mol. The van der Waals surface area contributed by atoms with E-state index in [1.54, 1.807) is 13.2 Å². The van der Waals surface area contributed by atoms with E-state index < -0.39 is 0 Å². The van der Waals surface area contributed by atoms with E-state index in [-0.39, 0.29) is 0 Å². The Morgan fingerprint density at radius 2 is 1.85 bits per heavy atom. The van der Waals surface area contributed by atoms with Gasteiger partial charge in [0.2, 0.25) is 0 Å². The fourth-order valence-electron chi connectivity index (χ4n) is 1.80. The summed E-state index contributed by atoms with van der Waals surface area (Å²) in [5, 5.41) is 0. The molecule has 2 rings (SSSR count). The molecule has 3 nitrogen and oxygen atoms in total. The first-order valence-corrected chi connectivity index (χ1v) is 6.67. The molecule has 2 aromatic rings. The summed E-state index contributed by atoms with van der Waals surface area (Å²) in [6.45, 7) is 2.51. The molecule has 0 saturated heterocycles. The highest BCUT2D eigenvalue weighted by molar-refractivity contribution is 7.80. The number of rotatable bonds is 5. The van der Waals surface area contributed by atoms with Crippen molar-refractivity contribution in [2.75, 3.05) is 7.11 Å². The normalized spacial score (nSPS) is 10.1. The molecule has 4 heteroatoms. The molecule has 2 aromatic carbocycles. The van der Waals surface area contributed by atoms with E-state index in [2.05, 4.69) is 19.1 Å². The minimum atomic E-state index is 0.312. The molecule has 0 aromatic heterocycles. The van der Waals surface area contributed by atoms with Gasteiger partial charge in [-0.3, -0.25) is 0 Å². The van der Waals surface area contributed by atoms with Crippen molar-refractivity contribution >= 4 is 17.2 Å². The van der Waals surface area contributed by atoms with E-state index in [0.717, 1.165) is 5.56 Å². The third-order valence-electron chi connectivity index (χ3n) is 2.97. The van der Waals surface area contributed by atoms with Gasteiger partial charge in [0.15, 0.2) is 0 Å². The fraction of sp³-hybridized carbons (Fsp3) is 0.188. The number of aryl methyl sites for hydroxylation is 1. The Kier molecular flexibility index (Phi) is 4.58. The molecule has 0 saturated carbocycles. The molecule has 0 atom stereocenters. The number of thiocarbonyl (C=S) groups is 1. The summed E-state index contributed by atoms with van der Waals surface area (Å²) in [5.74, 6) is 1.35. The quantitative estimate of drug-likeness (QED) is 0.858. The molecule has 0 bridgehead atoms. The van der Waals surface area contributed by atoms with Crippen LogP contribution in [-0.2, 0) is 6.61 Å². The average Bonchev–Trinajstić information content (AvgIpc) is 2.46. The van der Waals surface area contributed by atoms with Crippen LogP contribution in [0.4, 0.5) is 0 Å². The number of hydrogen-bond donors (Lipinski definition) is 1. The van der Waals surface area contributed by atoms with Crippen molar-refractivity contribution in [1.82, 2.24) is 0 Å². The second-order valence-electron chi connectivity index (χ2n) is 4.50. The Balaban J connectivity index is 2.18. The van der Waals surface area contributed by atoms with E-state index in [1.807, 2.05) is 24.3 Å². The maximum atomic E-state index is 5.82. The SMILES string of the molecule is COc1ccc(C(N)=S)c(OCc2ccc(C)cc2)c1. The van der Waals surface area contributed by atoms with Crippen molar-refractivity contribution < 1.29 is 9.47 Å². The van der Waals surface area contributed by atoms with Crippen LogP contribution in [0, 0.1) is 6.92 Å². The van der Waals surface area contributed by atoms with Crippen molar-refractivity contribution in [2.24, 2.45) is 5.73 Å². The van der Waals surface area contributed by atoms with Gasteiger partial charge >= 0.3 is 0 Å². The van der Waals surface area contributed by atoms with Gasteiger partial charge in [-0.15, -0.1) is 0 Å². The number of hydrogen-bond acceptors (Lipinski definition) is 3. The van der Waals surface area contributed by atoms with Crippen LogP contribution in [0.25, 0.3) is 0 Å². The maximum Gasteiger partial charge on any atom is 0.133 e. The number of methoxy groups -OCH3 is 1. The van der Waals surface area contributed by atoms with Gasteiger partial charge in [-0.1, -0.05) is 42.0 Å². The molecule has 0 fully saturated rings. The molecule has 0 amide bonds. The third-order valence-corrected chi connectivity index (χ3v) is 3.19. The molecule has 104 valence electrons. The van der Waals surface area contributed by atoms with Gasteiger partial charge in [0, 0.05) is 6.07 Å². The van der Waals surface area contributed by atoms with Crippen molar-refractivity contribution in [3.8, 4) is 11.5 Å². The summed E-state index contributed by atoms with van der Waals surface area (Å²) in [6.07, 6.45) is 0. The summed E-state index contributed by atoms with van der Waals surface area (Å²) < 4.78 is 11.0. The van der Waals surface area contributed by atoms with E-state index in [9.17, 15) is 0 Å². The number of nitrogens with two attached hydrogens (primary N) is 1. The third kappa shape index (κ3) is 3.48. The summed E-state index contributed by atoms with van der Waals surface area (Å²) in [5.41, 5.74) is 8.73. The molecule has 0 heterocycles. The second kappa shape index (κ2) is 6.39. The van der Waals surface area contributed by atoms with Crippen LogP contribution in [0.1, 0.15) is 16.7 Å². The summed E-state index contributed by atoms with van der Waals surface area (Å²) in [4.78, 5) is 0.312. The number of ether oxygens (including phenoxy) is 2. The lowest BCUT2D eigenvalue weighted by atomic mass is 10.1. The molecule has 0 unspecified atom stereocenters. The lowest BCUT2D eigenvalue weighted by molar-refractivity contribution is 0.303. The molecular formula is C16H17NO2S. The summed E-state index contributed by atoms with van der Waals surface area (Å²) >= 11 is 5.03. The highest BCUT2D eigenvalue weighted by Gasteiger charge is 2.08. The predicted octanol–water partition coefficient (Wildman–Crippen LogP) is 3.22. The van der Waals surface area contributed by atoms with E-state index in [4.69, 9.17) is 27.4 Å². The molecule has 0 aliphatic rings. The molecule has 0 spiro atoms. The molecule has 0 aliphatic heterocycles. The molecule has 20 heavy (non-hydrogen) atoms. The smallest absolute Gasteiger partial charge is 0.133 e.